The zero-order valence-electron chi connectivity index (χ0n) is 21.2. The second kappa shape index (κ2) is 11.7. The maximum absolute atomic E-state index is 12.9. The van der Waals surface area contributed by atoms with Crippen LogP contribution >= 0.6 is 11.8 Å². The lowest BCUT2D eigenvalue weighted by Gasteiger charge is -2.15. The third-order valence-electron chi connectivity index (χ3n) is 5.74. The highest BCUT2D eigenvalue weighted by Gasteiger charge is 2.21. The number of aryl methyl sites for hydroxylation is 1. The summed E-state index contributed by atoms with van der Waals surface area (Å²) in [6.07, 6.45) is 0. The van der Waals surface area contributed by atoms with Crippen LogP contribution in [-0.2, 0) is 11.3 Å². The number of thioether (sulfide) groups is 1. The first kappa shape index (κ1) is 26.0. The maximum Gasteiger partial charge on any atom is 0.237 e. The first-order valence-corrected chi connectivity index (χ1v) is 12.7. The number of nitrogens with one attached hydrogen (secondary N) is 2. The molecule has 1 aromatic heterocycles. The topological polar surface area (TPSA) is 98.1 Å². The average Bonchev–Trinajstić information content (AvgIpc) is 3.30. The molecule has 0 fully saturated rings. The van der Waals surface area contributed by atoms with Crippen LogP contribution in [0.25, 0.3) is 5.69 Å². The van der Waals surface area contributed by atoms with Crippen molar-refractivity contribution in [3.63, 3.8) is 0 Å². The molecule has 0 saturated heterocycles. The van der Waals surface area contributed by atoms with Crippen LogP contribution in [0, 0.1) is 6.92 Å². The van der Waals surface area contributed by atoms with Crippen LogP contribution < -0.4 is 15.4 Å². The number of benzene rings is 3. The van der Waals surface area contributed by atoms with Crippen LogP contribution in [0.3, 0.4) is 0 Å². The molecule has 1 heterocycles. The van der Waals surface area contributed by atoms with Crippen molar-refractivity contribution in [2.45, 2.75) is 37.7 Å². The van der Waals surface area contributed by atoms with Gasteiger partial charge in [-0.1, -0.05) is 29.5 Å². The zero-order chi connectivity index (χ0) is 26.4. The molecule has 1 amide bonds. The number of nitrogens with zero attached hydrogens (tertiary/aromatic N) is 3. The number of Topliss-reactive ketones (excluding diaryl/α,β-unsaturated/α-hetero) is 1. The Kier molecular flexibility index (Phi) is 8.25. The lowest BCUT2D eigenvalue weighted by molar-refractivity contribution is -0.115. The number of amides is 1. The highest BCUT2D eigenvalue weighted by molar-refractivity contribution is 8.00. The minimum absolute atomic E-state index is 0.0210. The molecule has 0 saturated carbocycles. The Balaban J connectivity index is 1.53. The van der Waals surface area contributed by atoms with Gasteiger partial charge in [0.1, 0.15) is 5.75 Å². The highest BCUT2D eigenvalue weighted by atomic mass is 32.2. The number of rotatable bonds is 10. The molecule has 0 aliphatic carbocycles. The van der Waals surface area contributed by atoms with Gasteiger partial charge >= 0.3 is 0 Å². The van der Waals surface area contributed by atoms with E-state index >= 15 is 0 Å². The molecule has 4 aromatic rings. The second-order valence-corrected chi connectivity index (χ2v) is 9.84. The molecule has 0 aliphatic heterocycles. The largest absolute Gasteiger partial charge is 0.497 e. The van der Waals surface area contributed by atoms with E-state index < -0.39 is 5.25 Å². The normalized spacial score (nSPS) is 11.6. The van der Waals surface area contributed by atoms with Crippen molar-refractivity contribution in [3.05, 3.63) is 89.7 Å². The van der Waals surface area contributed by atoms with E-state index in [1.165, 1.54) is 24.2 Å². The van der Waals surface area contributed by atoms with Crippen molar-refractivity contribution in [2.24, 2.45) is 0 Å². The fourth-order valence-corrected chi connectivity index (χ4v) is 4.46. The molecule has 0 spiro atoms. The fraction of sp³-hybridized carbons (Fsp3) is 0.214. The van der Waals surface area contributed by atoms with Gasteiger partial charge in [0.25, 0.3) is 0 Å². The van der Waals surface area contributed by atoms with E-state index in [2.05, 4.69) is 20.8 Å². The molecule has 1 atom stereocenters. The summed E-state index contributed by atoms with van der Waals surface area (Å²) in [4.78, 5) is 24.4. The molecule has 37 heavy (non-hydrogen) atoms. The molecule has 0 unspecified atom stereocenters. The third-order valence-corrected chi connectivity index (χ3v) is 6.79. The maximum atomic E-state index is 12.9. The summed E-state index contributed by atoms with van der Waals surface area (Å²) >= 11 is 1.32. The Morgan fingerprint density at radius 3 is 2.22 bits per heavy atom. The molecular formula is C28H29N5O3S. The Labute approximate surface area is 220 Å². The van der Waals surface area contributed by atoms with Crippen LogP contribution in [0.1, 0.15) is 35.6 Å². The summed E-state index contributed by atoms with van der Waals surface area (Å²) in [7, 11) is 1.62. The van der Waals surface area contributed by atoms with Crippen molar-refractivity contribution < 1.29 is 14.3 Å². The minimum Gasteiger partial charge on any atom is -0.497 e. The van der Waals surface area contributed by atoms with Crippen molar-refractivity contribution in [1.82, 2.24) is 14.8 Å². The van der Waals surface area contributed by atoms with Gasteiger partial charge in [-0.05, 0) is 81.4 Å². The summed E-state index contributed by atoms with van der Waals surface area (Å²) in [5, 5.41) is 15.3. The SMILES string of the molecule is COc1ccc(-n2c(CNc3ccc(C)cc3)nnc2S[C@H](C)C(=O)Nc2ccc(C(C)=O)cc2)cc1. The zero-order valence-corrected chi connectivity index (χ0v) is 22.0. The Morgan fingerprint density at radius 2 is 1.59 bits per heavy atom. The Morgan fingerprint density at radius 1 is 0.946 bits per heavy atom. The number of anilines is 2. The minimum atomic E-state index is -0.452. The van der Waals surface area contributed by atoms with Gasteiger partial charge in [0, 0.05) is 22.6 Å². The number of hydrogen-bond acceptors (Lipinski definition) is 7. The first-order valence-electron chi connectivity index (χ1n) is 11.8. The number of ketones is 1. The molecule has 2 N–H and O–H groups in total. The highest BCUT2D eigenvalue weighted by Crippen LogP contribution is 2.28. The molecule has 190 valence electrons. The van der Waals surface area contributed by atoms with Gasteiger partial charge < -0.3 is 15.4 Å². The average molecular weight is 516 g/mol. The number of hydrogen-bond donors (Lipinski definition) is 2. The first-order chi connectivity index (χ1) is 17.8. The van der Waals surface area contributed by atoms with E-state index in [9.17, 15) is 9.59 Å². The molecule has 0 radical (unpaired) electrons. The number of carbonyl (C=O) groups excluding carboxylic acids is 2. The van der Waals surface area contributed by atoms with E-state index in [4.69, 9.17) is 4.74 Å². The predicted molar refractivity (Wildman–Crippen MR) is 147 cm³/mol. The number of aromatic nitrogens is 3. The quantitative estimate of drug-likeness (QED) is 0.212. The summed E-state index contributed by atoms with van der Waals surface area (Å²) in [5.41, 5.74) is 4.25. The number of ether oxygens (including phenoxy) is 1. The molecule has 0 aliphatic rings. The van der Waals surface area contributed by atoms with E-state index in [1.807, 2.05) is 66.9 Å². The number of carbonyl (C=O) groups is 2. The molecule has 3 aromatic carbocycles. The van der Waals surface area contributed by atoms with Gasteiger partial charge in [0.15, 0.2) is 16.8 Å². The van der Waals surface area contributed by atoms with E-state index in [0.717, 1.165) is 17.1 Å². The fourth-order valence-electron chi connectivity index (χ4n) is 3.58. The van der Waals surface area contributed by atoms with Gasteiger partial charge in [-0.25, -0.2) is 0 Å². The predicted octanol–water partition coefficient (Wildman–Crippen LogP) is 5.52. The van der Waals surface area contributed by atoms with Gasteiger partial charge in [0.05, 0.1) is 18.9 Å². The van der Waals surface area contributed by atoms with Crippen LogP contribution in [0.5, 0.6) is 5.75 Å². The van der Waals surface area contributed by atoms with Crippen molar-refractivity contribution in [3.8, 4) is 11.4 Å². The van der Waals surface area contributed by atoms with Crippen molar-refractivity contribution >= 4 is 34.8 Å². The van der Waals surface area contributed by atoms with Gasteiger partial charge in [-0.15, -0.1) is 10.2 Å². The summed E-state index contributed by atoms with van der Waals surface area (Å²) in [5.74, 6) is 1.26. The van der Waals surface area contributed by atoms with Gasteiger partial charge in [0.2, 0.25) is 5.91 Å². The Hall–Kier alpha value is -4.11. The van der Waals surface area contributed by atoms with Gasteiger partial charge in [-0.2, -0.15) is 0 Å². The van der Waals surface area contributed by atoms with Crippen LogP contribution in [0.15, 0.2) is 78.0 Å². The molecular weight excluding hydrogens is 486 g/mol. The second-order valence-electron chi connectivity index (χ2n) is 8.53. The summed E-state index contributed by atoms with van der Waals surface area (Å²) in [6, 6.07) is 22.6. The van der Waals surface area contributed by atoms with E-state index in [-0.39, 0.29) is 11.7 Å². The lowest BCUT2D eigenvalue weighted by Crippen LogP contribution is -2.23. The molecule has 0 bridgehead atoms. The summed E-state index contributed by atoms with van der Waals surface area (Å²) in [6.45, 7) is 5.83. The van der Waals surface area contributed by atoms with Crippen molar-refractivity contribution in [2.75, 3.05) is 17.7 Å². The van der Waals surface area contributed by atoms with E-state index in [1.54, 1.807) is 31.4 Å². The Bertz CT molecular complexity index is 1370. The monoisotopic (exact) mass is 515 g/mol. The molecule has 8 nitrogen and oxygen atoms in total. The standard InChI is InChI=1S/C28H29N5O3S/c1-18-5-9-22(10-6-18)29-17-26-31-32-28(33(26)24-13-15-25(36-4)16-14-24)37-20(3)27(35)30-23-11-7-21(8-12-23)19(2)34/h5-16,20,29H,17H2,1-4H3,(H,30,35)/t20-/m1/s1. The summed E-state index contributed by atoms with van der Waals surface area (Å²) < 4.78 is 7.25. The van der Waals surface area contributed by atoms with Crippen molar-refractivity contribution in [1.29, 1.82) is 0 Å². The lowest BCUT2D eigenvalue weighted by atomic mass is 10.1. The molecule has 9 heteroatoms. The third kappa shape index (κ3) is 6.56. The van der Waals surface area contributed by atoms with Crippen LogP contribution in [0.4, 0.5) is 11.4 Å². The number of methoxy groups -OCH3 is 1. The van der Waals surface area contributed by atoms with E-state index in [0.29, 0.717) is 28.8 Å². The van der Waals surface area contributed by atoms with Crippen LogP contribution in [-0.4, -0.2) is 38.8 Å². The smallest absolute Gasteiger partial charge is 0.237 e. The van der Waals surface area contributed by atoms with Gasteiger partial charge in [-0.3, -0.25) is 14.2 Å². The molecule has 4 rings (SSSR count). The van der Waals surface area contributed by atoms with Crippen LogP contribution in [0.2, 0.25) is 0 Å².